The summed E-state index contributed by atoms with van der Waals surface area (Å²) in [5.74, 6) is -1.15. The van der Waals surface area contributed by atoms with Crippen LogP contribution in [0.5, 0.6) is 0 Å². The zero-order chi connectivity index (χ0) is 14.9. The summed E-state index contributed by atoms with van der Waals surface area (Å²) in [6.07, 6.45) is -0.588. The summed E-state index contributed by atoms with van der Waals surface area (Å²) in [5.41, 5.74) is 0. The van der Waals surface area contributed by atoms with E-state index in [1.54, 1.807) is 11.3 Å². The summed E-state index contributed by atoms with van der Waals surface area (Å²) < 4.78 is 38.4. The van der Waals surface area contributed by atoms with Crippen molar-refractivity contribution in [1.29, 1.82) is 0 Å². The number of hydrogen-bond donors (Lipinski definition) is 1. The Labute approximate surface area is 127 Å². The van der Waals surface area contributed by atoms with Gasteiger partial charge in [-0.2, -0.15) is 13.2 Å². The molecule has 1 aliphatic heterocycles. The lowest BCUT2D eigenvalue weighted by Crippen LogP contribution is -2.41. The molecule has 0 bridgehead atoms. The van der Waals surface area contributed by atoms with Gasteiger partial charge in [-0.3, -0.25) is 4.90 Å². The van der Waals surface area contributed by atoms with Crippen molar-refractivity contribution in [3.05, 3.63) is 21.9 Å². The number of nitrogens with one attached hydrogen (secondary N) is 1. The first-order valence-electron chi connectivity index (χ1n) is 7.61. The van der Waals surface area contributed by atoms with Gasteiger partial charge in [-0.1, -0.05) is 0 Å². The second kappa shape index (κ2) is 6.26. The molecule has 118 valence electrons. The molecule has 0 radical (unpaired) electrons. The van der Waals surface area contributed by atoms with Gasteiger partial charge in [-0.25, -0.2) is 0 Å². The molecule has 6 heteroatoms. The molecular weight excluding hydrogens is 297 g/mol. The summed E-state index contributed by atoms with van der Waals surface area (Å²) in [6.45, 7) is 2.47. The third-order valence-corrected chi connectivity index (χ3v) is 5.28. The molecule has 1 N–H and O–H groups in total. The molecule has 2 aliphatic rings. The summed E-state index contributed by atoms with van der Waals surface area (Å²) in [4.78, 5) is 4.40. The monoisotopic (exact) mass is 318 g/mol. The average Bonchev–Trinajstić information content (AvgIpc) is 3.16. The fourth-order valence-corrected chi connectivity index (χ4v) is 3.83. The molecule has 1 atom stereocenters. The van der Waals surface area contributed by atoms with Crippen LogP contribution in [0.1, 0.15) is 35.4 Å². The van der Waals surface area contributed by atoms with Gasteiger partial charge in [0.25, 0.3) is 0 Å². The largest absolute Gasteiger partial charge is 0.393 e. The minimum Gasteiger partial charge on any atom is -0.309 e. The lowest BCUT2D eigenvalue weighted by Gasteiger charge is -2.33. The molecule has 1 aromatic heterocycles. The van der Waals surface area contributed by atoms with Crippen LogP contribution in [0.25, 0.3) is 0 Å². The van der Waals surface area contributed by atoms with Gasteiger partial charge in [0.15, 0.2) is 0 Å². The lowest BCUT2D eigenvalue weighted by atomic mass is 9.97. The number of likely N-dealkylation sites (tertiary alicyclic amines) is 1. The maximum Gasteiger partial charge on any atom is 0.393 e. The van der Waals surface area contributed by atoms with Gasteiger partial charge in [0.05, 0.1) is 5.92 Å². The number of alkyl halides is 3. The Morgan fingerprint density at radius 1 is 1.19 bits per heavy atom. The molecule has 2 nitrogen and oxygen atoms in total. The highest BCUT2D eigenvalue weighted by Crippen LogP contribution is 2.34. The maximum atomic E-state index is 12.8. The third-order valence-electron chi connectivity index (χ3n) is 4.21. The molecule has 1 saturated heterocycles. The van der Waals surface area contributed by atoms with Gasteiger partial charge >= 0.3 is 6.18 Å². The Morgan fingerprint density at radius 3 is 2.67 bits per heavy atom. The van der Waals surface area contributed by atoms with Gasteiger partial charge in [0.1, 0.15) is 0 Å². The zero-order valence-corrected chi connectivity index (χ0v) is 12.8. The SMILES string of the molecule is FC(F)(F)C1CCCN(Cc2ccc(CNC3CC3)s2)C1. The third kappa shape index (κ3) is 4.44. The van der Waals surface area contributed by atoms with Crippen LogP contribution in [0.15, 0.2) is 12.1 Å². The molecule has 21 heavy (non-hydrogen) atoms. The predicted octanol–water partition coefficient (Wildman–Crippen LogP) is 3.77. The molecule has 0 spiro atoms. The summed E-state index contributed by atoms with van der Waals surface area (Å²) >= 11 is 1.72. The van der Waals surface area contributed by atoms with Gasteiger partial charge in [-0.15, -0.1) is 11.3 Å². The zero-order valence-electron chi connectivity index (χ0n) is 12.0. The molecule has 0 amide bonds. The van der Waals surface area contributed by atoms with Crippen molar-refractivity contribution in [3.63, 3.8) is 0 Å². The minimum atomic E-state index is -4.05. The van der Waals surface area contributed by atoms with E-state index in [4.69, 9.17) is 0 Å². The number of rotatable bonds is 5. The van der Waals surface area contributed by atoms with Crippen molar-refractivity contribution in [2.75, 3.05) is 13.1 Å². The number of piperidine rings is 1. The first-order chi connectivity index (χ1) is 10.0. The van der Waals surface area contributed by atoms with E-state index in [0.717, 1.165) is 13.1 Å². The lowest BCUT2D eigenvalue weighted by molar-refractivity contribution is -0.187. The molecule has 1 unspecified atom stereocenters. The Kier molecular flexibility index (Phi) is 4.57. The van der Waals surface area contributed by atoms with Crippen LogP contribution in [-0.4, -0.2) is 30.2 Å². The van der Waals surface area contributed by atoms with E-state index in [2.05, 4.69) is 17.4 Å². The Morgan fingerprint density at radius 2 is 1.95 bits per heavy atom. The van der Waals surface area contributed by atoms with Gasteiger partial charge < -0.3 is 5.32 Å². The van der Waals surface area contributed by atoms with Crippen LogP contribution in [0.3, 0.4) is 0 Å². The second-order valence-corrected chi connectivity index (χ2v) is 7.39. The Hall–Kier alpha value is -0.590. The van der Waals surface area contributed by atoms with Crippen molar-refractivity contribution in [1.82, 2.24) is 10.2 Å². The number of thiophene rings is 1. The Balaban J connectivity index is 1.50. The van der Waals surface area contributed by atoms with Crippen molar-refractivity contribution >= 4 is 11.3 Å². The van der Waals surface area contributed by atoms with Crippen LogP contribution < -0.4 is 5.32 Å². The number of nitrogens with zero attached hydrogens (tertiary/aromatic N) is 1. The van der Waals surface area contributed by atoms with Crippen LogP contribution in [0, 0.1) is 5.92 Å². The second-order valence-electron chi connectivity index (χ2n) is 6.14. The van der Waals surface area contributed by atoms with E-state index in [1.165, 1.54) is 22.6 Å². The van der Waals surface area contributed by atoms with E-state index in [1.807, 2.05) is 4.90 Å². The van der Waals surface area contributed by atoms with Crippen molar-refractivity contribution in [2.45, 2.75) is 51.0 Å². The first kappa shape index (κ1) is 15.3. The quantitative estimate of drug-likeness (QED) is 0.889. The standard InChI is InChI=1S/C15H21F3N2S/c16-15(17,18)11-2-1-7-20(9-11)10-14-6-5-13(21-14)8-19-12-3-4-12/h5-6,11-12,19H,1-4,7-10H2. The van der Waals surface area contributed by atoms with Gasteiger partial charge in [0, 0.05) is 35.4 Å². The molecule has 2 heterocycles. The van der Waals surface area contributed by atoms with Gasteiger partial charge in [-0.05, 0) is 44.4 Å². The fraction of sp³-hybridized carbons (Fsp3) is 0.733. The minimum absolute atomic E-state index is 0.150. The predicted molar refractivity (Wildman–Crippen MR) is 78.2 cm³/mol. The smallest absolute Gasteiger partial charge is 0.309 e. The summed E-state index contributed by atoms with van der Waals surface area (Å²) in [7, 11) is 0. The summed E-state index contributed by atoms with van der Waals surface area (Å²) in [6, 6.07) is 4.84. The average molecular weight is 318 g/mol. The highest BCUT2D eigenvalue weighted by atomic mass is 32.1. The first-order valence-corrected chi connectivity index (χ1v) is 8.42. The molecule has 1 saturated carbocycles. The maximum absolute atomic E-state index is 12.8. The van der Waals surface area contributed by atoms with Crippen molar-refractivity contribution in [3.8, 4) is 0 Å². The number of hydrogen-bond acceptors (Lipinski definition) is 3. The topological polar surface area (TPSA) is 15.3 Å². The molecule has 1 aromatic rings. The van der Waals surface area contributed by atoms with E-state index in [9.17, 15) is 13.2 Å². The van der Waals surface area contributed by atoms with Crippen LogP contribution >= 0.6 is 11.3 Å². The molecule has 2 fully saturated rings. The fourth-order valence-electron chi connectivity index (χ4n) is 2.82. The highest BCUT2D eigenvalue weighted by Gasteiger charge is 2.41. The van der Waals surface area contributed by atoms with Crippen LogP contribution in [0.2, 0.25) is 0 Å². The number of halogens is 3. The molecular formula is C15H21F3N2S. The molecule has 1 aliphatic carbocycles. The van der Waals surface area contributed by atoms with Crippen molar-refractivity contribution < 1.29 is 13.2 Å². The molecule has 0 aromatic carbocycles. The Bertz CT molecular complexity index is 468. The van der Waals surface area contributed by atoms with E-state index < -0.39 is 12.1 Å². The normalized spacial score (nSPS) is 24.4. The van der Waals surface area contributed by atoms with Crippen LogP contribution in [-0.2, 0) is 13.1 Å². The van der Waals surface area contributed by atoms with E-state index in [0.29, 0.717) is 19.0 Å². The van der Waals surface area contributed by atoms with E-state index >= 15 is 0 Å². The van der Waals surface area contributed by atoms with E-state index in [-0.39, 0.29) is 13.0 Å². The summed E-state index contributed by atoms with van der Waals surface area (Å²) in [5, 5.41) is 3.46. The highest BCUT2D eigenvalue weighted by molar-refractivity contribution is 7.11. The van der Waals surface area contributed by atoms with Crippen LogP contribution in [0.4, 0.5) is 13.2 Å². The molecule has 3 rings (SSSR count). The van der Waals surface area contributed by atoms with Crippen molar-refractivity contribution in [2.24, 2.45) is 5.92 Å². The van der Waals surface area contributed by atoms with Gasteiger partial charge in [0.2, 0.25) is 0 Å².